The molecule has 7 heteroatoms. The molecule has 6 nitrogen and oxygen atoms in total. The summed E-state index contributed by atoms with van der Waals surface area (Å²) < 4.78 is 37.1. The first kappa shape index (κ1) is 21.1. The summed E-state index contributed by atoms with van der Waals surface area (Å²) in [5, 5.41) is -0.760. The topological polar surface area (TPSA) is 80.7 Å². The molecule has 0 heterocycles. The highest BCUT2D eigenvalue weighted by atomic mass is 32.2. The third kappa shape index (κ3) is 7.38. The minimum Gasteiger partial charge on any atom is -0.462 e. The standard InChI is InChI=1S/C15H29NO5S/c1-6-16(7-2,11-9-14(5)22(18,19)20)10-8-12-21-15(17)13(3)4/h14H,3,6-12H2,1-2,4-5H3/p+1. The molecule has 0 rings (SSSR count). The van der Waals surface area contributed by atoms with Crippen LogP contribution in [0.1, 0.15) is 40.5 Å². The summed E-state index contributed by atoms with van der Waals surface area (Å²) in [6.07, 6.45) is 1.12. The molecule has 1 N–H and O–H groups in total. The van der Waals surface area contributed by atoms with Gasteiger partial charge in [-0.15, -0.1) is 0 Å². The molecule has 130 valence electrons. The van der Waals surface area contributed by atoms with E-state index in [0.29, 0.717) is 31.6 Å². The van der Waals surface area contributed by atoms with Crippen molar-refractivity contribution in [2.45, 2.75) is 45.8 Å². The number of hydrogen-bond acceptors (Lipinski definition) is 4. The van der Waals surface area contributed by atoms with E-state index in [1.54, 1.807) is 6.92 Å². The number of carbonyl (C=O) groups excluding carboxylic acids is 1. The Kier molecular flexibility index (Phi) is 8.88. The van der Waals surface area contributed by atoms with Gasteiger partial charge in [-0.2, -0.15) is 8.42 Å². The van der Waals surface area contributed by atoms with Crippen LogP contribution >= 0.6 is 0 Å². The second kappa shape index (κ2) is 9.27. The fraction of sp³-hybridized carbons (Fsp3) is 0.800. The summed E-state index contributed by atoms with van der Waals surface area (Å²) in [5.41, 5.74) is 0.383. The fourth-order valence-electron chi connectivity index (χ4n) is 2.26. The maximum Gasteiger partial charge on any atom is 0.333 e. The van der Waals surface area contributed by atoms with Crippen LogP contribution in [0.5, 0.6) is 0 Å². The lowest BCUT2D eigenvalue weighted by molar-refractivity contribution is -0.925. The molecule has 0 aliphatic carbocycles. The number of ether oxygens (including phenoxy) is 1. The van der Waals surface area contributed by atoms with Gasteiger partial charge in [-0.25, -0.2) is 4.79 Å². The zero-order chi connectivity index (χ0) is 17.4. The first-order valence-electron chi connectivity index (χ1n) is 7.72. The third-order valence-corrected chi connectivity index (χ3v) is 5.47. The van der Waals surface area contributed by atoms with Crippen molar-refractivity contribution in [3.05, 3.63) is 12.2 Å². The SMILES string of the molecule is C=C(C)C(=O)OCCC[N+](CC)(CC)CCC(C)S(=O)(=O)O. The summed E-state index contributed by atoms with van der Waals surface area (Å²) >= 11 is 0. The molecule has 1 unspecified atom stereocenters. The maximum atomic E-state index is 11.3. The first-order valence-corrected chi connectivity index (χ1v) is 9.22. The van der Waals surface area contributed by atoms with E-state index in [1.165, 1.54) is 6.92 Å². The van der Waals surface area contributed by atoms with Gasteiger partial charge in [-0.3, -0.25) is 4.55 Å². The third-order valence-electron chi connectivity index (χ3n) is 4.22. The fourth-order valence-corrected chi connectivity index (χ4v) is 2.66. The predicted molar refractivity (Wildman–Crippen MR) is 87.1 cm³/mol. The highest BCUT2D eigenvalue weighted by Crippen LogP contribution is 2.13. The first-order chi connectivity index (χ1) is 10.1. The Morgan fingerprint density at radius 3 is 2.23 bits per heavy atom. The van der Waals surface area contributed by atoms with Gasteiger partial charge in [0.05, 0.1) is 38.0 Å². The lowest BCUT2D eigenvalue weighted by Gasteiger charge is -2.37. The molecule has 22 heavy (non-hydrogen) atoms. The summed E-state index contributed by atoms with van der Waals surface area (Å²) in [6.45, 7) is 14.3. The average Bonchev–Trinajstić information content (AvgIpc) is 2.45. The van der Waals surface area contributed by atoms with Gasteiger partial charge < -0.3 is 9.22 Å². The van der Waals surface area contributed by atoms with Crippen molar-refractivity contribution in [2.75, 3.05) is 32.8 Å². The highest BCUT2D eigenvalue weighted by Gasteiger charge is 2.27. The minimum absolute atomic E-state index is 0.333. The van der Waals surface area contributed by atoms with E-state index in [9.17, 15) is 13.2 Å². The smallest absolute Gasteiger partial charge is 0.333 e. The molecular weight excluding hydrogens is 306 g/mol. The van der Waals surface area contributed by atoms with E-state index in [4.69, 9.17) is 9.29 Å². The van der Waals surface area contributed by atoms with Crippen LogP contribution in [0.4, 0.5) is 0 Å². The van der Waals surface area contributed by atoms with Crippen molar-refractivity contribution < 1.29 is 27.0 Å². The molecule has 0 aliphatic heterocycles. The number of hydrogen-bond donors (Lipinski definition) is 1. The van der Waals surface area contributed by atoms with Gasteiger partial charge in [-0.05, 0) is 27.7 Å². The Bertz CT molecular complexity index is 468. The predicted octanol–water partition coefficient (Wildman–Crippen LogP) is 2.02. The molecule has 0 saturated heterocycles. The molecule has 0 bridgehead atoms. The van der Waals surface area contributed by atoms with Crippen LogP contribution in [0.15, 0.2) is 12.2 Å². The molecule has 0 aliphatic rings. The lowest BCUT2D eigenvalue weighted by atomic mass is 10.2. The summed E-state index contributed by atoms with van der Waals surface area (Å²) in [4.78, 5) is 11.3. The number of carbonyl (C=O) groups is 1. The van der Waals surface area contributed by atoms with E-state index >= 15 is 0 Å². The van der Waals surface area contributed by atoms with Crippen LogP contribution in [0, 0.1) is 0 Å². The van der Waals surface area contributed by atoms with Crippen molar-refractivity contribution >= 4 is 16.1 Å². The van der Waals surface area contributed by atoms with E-state index in [1.807, 2.05) is 0 Å². The molecule has 1 atom stereocenters. The second-order valence-corrected chi connectivity index (χ2v) is 7.64. The van der Waals surface area contributed by atoms with Crippen LogP contribution < -0.4 is 0 Å². The molecular formula is C15H30NO5S+. The summed E-state index contributed by atoms with van der Waals surface area (Å²) in [6, 6.07) is 0. The zero-order valence-corrected chi connectivity index (χ0v) is 15.0. The molecule has 0 radical (unpaired) electrons. The number of quaternary nitrogens is 1. The number of nitrogens with zero attached hydrogens (tertiary/aromatic N) is 1. The summed E-state index contributed by atoms with van der Waals surface area (Å²) in [7, 11) is -3.98. The van der Waals surface area contributed by atoms with Crippen molar-refractivity contribution in [2.24, 2.45) is 0 Å². The van der Waals surface area contributed by atoms with Crippen molar-refractivity contribution in [3.8, 4) is 0 Å². The van der Waals surface area contributed by atoms with Gasteiger partial charge in [0.2, 0.25) is 0 Å². The average molecular weight is 336 g/mol. The van der Waals surface area contributed by atoms with Gasteiger partial charge in [-0.1, -0.05) is 6.58 Å². The van der Waals surface area contributed by atoms with Crippen LogP contribution in [0.25, 0.3) is 0 Å². The van der Waals surface area contributed by atoms with Gasteiger partial charge >= 0.3 is 5.97 Å². The van der Waals surface area contributed by atoms with Crippen LogP contribution in [-0.2, 0) is 19.6 Å². The Morgan fingerprint density at radius 2 is 1.82 bits per heavy atom. The largest absolute Gasteiger partial charge is 0.462 e. The zero-order valence-electron chi connectivity index (χ0n) is 14.2. The normalized spacial score (nSPS) is 13.7. The maximum absolute atomic E-state index is 11.3. The molecule has 0 spiro atoms. The van der Waals surface area contributed by atoms with E-state index in [2.05, 4.69) is 20.4 Å². The summed E-state index contributed by atoms with van der Waals surface area (Å²) in [5.74, 6) is -0.383. The van der Waals surface area contributed by atoms with Crippen molar-refractivity contribution in [3.63, 3.8) is 0 Å². The van der Waals surface area contributed by atoms with E-state index < -0.39 is 15.4 Å². The van der Waals surface area contributed by atoms with Crippen molar-refractivity contribution in [1.29, 1.82) is 0 Å². The second-order valence-electron chi connectivity index (χ2n) is 5.81. The molecule has 0 amide bonds. The van der Waals surface area contributed by atoms with Crippen LogP contribution in [-0.4, -0.2) is 61.5 Å². The van der Waals surface area contributed by atoms with Gasteiger partial charge in [0.25, 0.3) is 10.1 Å². The Hall–Kier alpha value is -0.920. The Morgan fingerprint density at radius 1 is 1.27 bits per heavy atom. The lowest BCUT2D eigenvalue weighted by Crippen LogP contribution is -2.50. The highest BCUT2D eigenvalue weighted by molar-refractivity contribution is 7.86. The van der Waals surface area contributed by atoms with Crippen LogP contribution in [0.2, 0.25) is 0 Å². The Balaban J connectivity index is 4.44. The minimum atomic E-state index is -3.98. The quantitative estimate of drug-likeness (QED) is 0.205. The molecule has 0 aromatic carbocycles. The van der Waals surface area contributed by atoms with Crippen molar-refractivity contribution in [1.82, 2.24) is 0 Å². The van der Waals surface area contributed by atoms with Gasteiger partial charge in [0, 0.05) is 18.4 Å². The molecule has 0 aromatic rings. The number of esters is 1. The monoisotopic (exact) mass is 336 g/mol. The van der Waals surface area contributed by atoms with Gasteiger partial charge in [0.1, 0.15) is 0 Å². The van der Waals surface area contributed by atoms with E-state index in [0.717, 1.165) is 24.1 Å². The van der Waals surface area contributed by atoms with Crippen LogP contribution in [0.3, 0.4) is 0 Å². The Labute approximate surface area is 134 Å². The molecule has 0 fully saturated rings. The number of rotatable bonds is 11. The molecule has 0 aromatic heterocycles. The van der Waals surface area contributed by atoms with Gasteiger partial charge in [0.15, 0.2) is 0 Å². The molecule has 0 saturated carbocycles. The van der Waals surface area contributed by atoms with E-state index in [-0.39, 0.29) is 5.97 Å².